The highest BCUT2D eigenvalue weighted by atomic mass is 14.9. The average molecular weight is 575 g/mol. The van der Waals surface area contributed by atoms with Gasteiger partial charge in [-0.15, -0.1) is 0 Å². The molecule has 45 heavy (non-hydrogen) atoms. The van der Waals surface area contributed by atoms with E-state index in [4.69, 9.17) is 9.97 Å². The maximum absolute atomic E-state index is 5.27. The van der Waals surface area contributed by atoms with Gasteiger partial charge in [0.1, 0.15) is 0 Å². The summed E-state index contributed by atoms with van der Waals surface area (Å²) in [5, 5.41) is 7.65. The minimum atomic E-state index is -0.200. The third kappa shape index (κ3) is 3.82. The van der Waals surface area contributed by atoms with E-state index >= 15 is 0 Å². The third-order valence-electron chi connectivity index (χ3n) is 9.60. The van der Waals surface area contributed by atoms with Crippen LogP contribution in [0.2, 0.25) is 0 Å². The number of fused-ring (bicyclic) bond motifs is 10. The summed E-state index contributed by atoms with van der Waals surface area (Å²) in [5.41, 5.74) is 10.2. The second-order valence-electron chi connectivity index (χ2n) is 12.6. The van der Waals surface area contributed by atoms with Crippen LogP contribution in [0.1, 0.15) is 25.0 Å². The van der Waals surface area contributed by atoms with E-state index in [-0.39, 0.29) is 5.41 Å². The lowest BCUT2D eigenvalue weighted by Crippen LogP contribution is -2.16. The van der Waals surface area contributed by atoms with Crippen molar-refractivity contribution in [3.63, 3.8) is 0 Å². The Balaban J connectivity index is 1.41. The largest absolute Gasteiger partial charge is 0.228 e. The van der Waals surface area contributed by atoms with Gasteiger partial charge in [-0.2, -0.15) is 0 Å². The van der Waals surface area contributed by atoms with Crippen molar-refractivity contribution in [3.8, 4) is 45.0 Å². The van der Waals surface area contributed by atoms with Crippen LogP contribution in [-0.2, 0) is 5.41 Å². The number of rotatable bonds is 3. The molecular weight excluding hydrogens is 544 g/mol. The molecule has 0 saturated heterocycles. The normalized spacial score (nSPS) is 13.3. The summed E-state index contributed by atoms with van der Waals surface area (Å²) in [6.07, 6.45) is 0. The molecule has 0 N–H and O–H groups in total. The quantitative estimate of drug-likeness (QED) is 0.196. The molecular formula is C43H30N2. The van der Waals surface area contributed by atoms with Crippen LogP contribution in [0, 0.1) is 0 Å². The third-order valence-corrected chi connectivity index (χ3v) is 9.60. The molecule has 0 radical (unpaired) electrons. The highest BCUT2D eigenvalue weighted by Gasteiger charge is 2.40. The second-order valence-corrected chi connectivity index (χ2v) is 12.6. The van der Waals surface area contributed by atoms with Gasteiger partial charge in [0.25, 0.3) is 0 Å². The smallest absolute Gasteiger partial charge is 0.161 e. The topological polar surface area (TPSA) is 25.8 Å². The van der Waals surface area contributed by atoms with Crippen LogP contribution in [0.3, 0.4) is 0 Å². The van der Waals surface area contributed by atoms with Crippen molar-refractivity contribution in [3.05, 3.63) is 157 Å². The van der Waals surface area contributed by atoms with Crippen molar-refractivity contribution in [1.29, 1.82) is 0 Å². The van der Waals surface area contributed by atoms with Gasteiger partial charge >= 0.3 is 0 Å². The first-order chi connectivity index (χ1) is 22.1. The first kappa shape index (κ1) is 25.9. The molecule has 2 heteroatoms. The van der Waals surface area contributed by atoms with Gasteiger partial charge < -0.3 is 0 Å². The zero-order chi connectivity index (χ0) is 30.1. The summed E-state index contributed by atoms with van der Waals surface area (Å²) in [6, 6.07) is 52.0. The van der Waals surface area contributed by atoms with E-state index in [1.165, 1.54) is 54.6 Å². The minimum Gasteiger partial charge on any atom is -0.228 e. The molecule has 7 aromatic carbocycles. The van der Waals surface area contributed by atoms with Gasteiger partial charge in [0.2, 0.25) is 0 Å². The summed E-state index contributed by atoms with van der Waals surface area (Å²) >= 11 is 0. The Morgan fingerprint density at radius 3 is 1.42 bits per heavy atom. The molecule has 8 aromatic rings. The van der Waals surface area contributed by atoms with E-state index in [0.717, 1.165) is 33.9 Å². The van der Waals surface area contributed by atoms with Crippen LogP contribution in [0.25, 0.3) is 77.3 Å². The zero-order valence-electron chi connectivity index (χ0n) is 25.3. The first-order valence-electron chi connectivity index (χ1n) is 15.6. The fourth-order valence-corrected chi connectivity index (χ4v) is 7.71. The van der Waals surface area contributed by atoms with E-state index in [2.05, 4.69) is 147 Å². The van der Waals surface area contributed by atoms with Crippen molar-refractivity contribution in [2.75, 3.05) is 0 Å². The molecule has 0 aliphatic heterocycles. The molecule has 1 aliphatic carbocycles. The Kier molecular flexibility index (Phi) is 5.58. The number of hydrogen-bond acceptors (Lipinski definition) is 2. The van der Waals surface area contributed by atoms with Crippen LogP contribution in [0.5, 0.6) is 0 Å². The van der Waals surface area contributed by atoms with Crippen LogP contribution >= 0.6 is 0 Å². The minimum absolute atomic E-state index is 0.200. The SMILES string of the molecule is CC1(C)c2c(cc(-c3nc(-c4ccccc4)cc(-c4ccccc4)n3)c3ccccc23)-c2c1c1ccccc1c1ccccc21. The lowest BCUT2D eigenvalue weighted by Gasteiger charge is -2.25. The molecule has 9 rings (SSSR count). The summed E-state index contributed by atoms with van der Waals surface area (Å²) < 4.78 is 0. The van der Waals surface area contributed by atoms with Crippen molar-refractivity contribution in [2.45, 2.75) is 19.3 Å². The Labute approximate surface area is 262 Å². The van der Waals surface area contributed by atoms with E-state index in [1.54, 1.807) is 0 Å². The van der Waals surface area contributed by atoms with Crippen LogP contribution in [-0.4, -0.2) is 9.97 Å². The van der Waals surface area contributed by atoms with E-state index in [9.17, 15) is 0 Å². The molecule has 212 valence electrons. The fourth-order valence-electron chi connectivity index (χ4n) is 7.71. The van der Waals surface area contributed by atoms with E-state index in [0.29, 0.717) is 0 Å². The Morgan fingerprint density at radius 2 is 0.844 bits per heavy atom. The Bertz CT molecular complexity index is 2380. The van der Waals surface area contributed by atoms with Gasteiger partial charge in [-0.25, -0.2) is 9.97 Å². The van der Waals surface area contributed by atoms with Crippen LogP contribution < -0.4 is 0 Å². The summed E-state index contributed by atoms with van der Waals surface area (Å²) in [6.45, 7) is 4.79. The summed E-state index contributed by atoms with van der Waals surface area (Å²) in [5.74, 6) is 0.741. The van der Waals surface area contributed by atoms with E-state index in [1.807, 2.05) is 12.1 Å². The van der Waals surface area contributed by atoms with Crippen molar-refractivity contribution in [1.82, 2.24) is 9.97 Å². The predicted molar refractivity (Wildman–Crippen MR) is 188 cm³/mol. The van der Waals surface area contributed by atoms with Gasteiger partial charge in [-0.05, 0) is 66.7 Å². The lowest BCUT2D eigenvalue weighted by molar-refractivity contribution is 0.672. The van der Waals surface area contributed by atoms with E-state index < -0.39 is 0 Å². The molecule has 0 spiro atoms. The van der Waals surface area contributed by atoms with Crippen molar-refractivity contribution < 1.29 is 0 Å². The number of benzene rings is 7. The van der Waals surface area contributed by atoms with Crippen LogP contribution in [0.15, 0.2) is 146 Å². The molecule has 0 fully saturated rings. The van der Waals surface area contributed by atoms with Gasteiger partial charge in [0.15, 0.2) is 5.82 Å². The summed E-state index contributed by atoms with van der Waals surface area (Å²) in [4.78, 5) is 10.5. The highest BCUT2D eigenvalue weighted by Crippen LogP contribution is 2.57. The molecule has 0 amide bonds. The fraction of sp³-hybridized carbons (Fsp3) is 0.0698. The highest BCUT2D eigenvalue weighted by molar-refractivity contribution is 6.20. The molecule has 0 unspecified atom stereocenters. The maximum atomic E-state index is 5.27. The number of hydrogen-bond donors (Lipinski definition) is 0. The molecule has 0 bridgehead atoms. The lowest BCUT2D eigenvalue weighted by atomic mass is 9.77. The van der Waals surface area contributed by atoms with Gasteiger partial charge in [-0.1, -0.05) is 147 Å². The average Bonchev–Trinajstić information content (AvgIpc) is 3.35. The van der Waals surface area contributed by atoms with Crippen molar-refractivity contribution in [2.24, 2.45) is 0 Å². The predicted octanol–water partition coefficient (Wildman–Crippen LogP) is 11.2. The van der Waals surface area contributed by atoms with Gasteiger partial charge in [0.05, 0.1) is 11.4 Å². The Morgan fingerprint density at radius 1 is 0.400 bits per heavy atom. The zero-order valence-corrected chi connectivity index (χ0v) is 25.3. The Hall–Kier alpha value is -5.60. The van der Waals surface area contributed by atoms with Gasteiger partial charge in [0, 0.05) is 22.1 Å². The molecule has 0 atom stereocenters. The van der Waals surface area contributed by atoms with Crippen LogP contribution in [0.4, 0.5) is 0 Å². The monoisotopic (exact) mass is 574 g/mol. The second kappa shape index (κ2) is 9.70. The molecule has 0 saturated carbocycles. The van der Waals surface area contributed by atoms with Crippen molar-refractivity contribution >= 4 is 32.3 Å². The number of nitrogens with zero attached hydrogens (tertiary/aromatic N) is 2. The first-order valence-corrected chi connectivity index (χ1v) is 15.6. The number of aromatic nitrogens is 2. The summed E-state index contributed by atoms with van der Waals surface area (Å²) in [7, 11) is 0. The molecule has 1 heterocycles. The molecule has 1 aliphatic rings. The molecule has 1 aromatic heterocycles. The molecule has 2 nitrogen and oxygen atoms in total. The van der Waals surface area contributed by atoms with Gasteiger partial charge in [-0.3, -0.25) is 0 Å². The maximum Gasteiger partial charge on any atom is 0.161 e. The standard InChI is InChI=1S/C43H30N2/c1-43(2)40-33-23-13-11-21-31(33)35(25-36(40)39-32-22-12-9-19-29(32)30-20-10-14-24-34(30)41(39)43)42-44-37(27-15-5-3-6-16-27)26-38(45-42)28-17-7-4-8-18-28/h3-26H,1-2H3.